The van der Waals surface area contributed by atoms with Crippen LogP contribution in [0.25, 0.3) is 132 Å². The van der Waals surface area contributed by atoms with Gasteiger partial charge in [-0.1, -0.05) is 194 Å². The molecule has 2 aliphatic heterocycles. The van der Waals surface area contributed by atoms with E-state index in [4.69, 9.17) is 0 Å². The van der Waals surface area contributed by atoms with Gasteiger partial charge in [0.1, 0.15) is 11.5 Å². The third-order valence-electron chi connectivity index (χ3n) is 20.1. The first-order valence-electron chi connectivity index (χ1n) is 32.9. The van der Waals surface area contributed by atoms with E-state index in [1.165, 1.54) is 43.1 Å². The fraction of sp³-hybridized carbons (Fsp3) is 0.0115. The summed E-state index contributed by atoms with van der Waals surface area (Å²) in [6.45, 7) is 4.61. The first-order valence-corrected chi connectivity index (χ1v) is 32.9. The summed E-state index contributed by atoms with van der Waals surface area (Å²) in [4.78, 5) is 8.72. The predicted octanol–water partition coefficient (Wildman–Crippen LogP) is 21.6. The monoisotopic (exact) mass is 1440 g/mol. The van der Waals surface area contributed by atoms with Gasteiger partial charge >= 0.3 is 21.1 Å². The van der Waals surface area contributed by atoms with Crippen molar-refractivity contribution >= 4 is 121 Å². The van der Waals surface area contributed by atoms with E-state index in [2.05, 4.69) is 355 Å². The van der Waals surface area contributed by atoms with Crippen molar-refractivity contribution in [3.05, 3.63) is 329 Å². The van der Waals surface area contributed by atoms with Gasteiger partial charge in [-0.2, -0.15) is 0 Å². The molecule has 4 aromatic heterocycles. The van der Waals surface area contributed by atoms with Crippen molar-refractivity contribution in [2.24, 2.45) is 0 Å². The van der Waals surface area contributed by atoms with Gasteiger partial charge in [0.15, 0.2) is 0 Å². The summed E-state index contributed by atoms with van der Waals surface area (Å²) in [5, 5.41) is 34.2. The van der Waals surface area contributed by atoms with Crippen molar-refractivity contribution in [1.29, 1.82) is 0 Å². The molecule has 0 atom stereocenters. The number of para-hydroxylation sites is 12. The third kappa shape index (κ3) is 8.50. The zero-order valence-electron chi connectivity index (χ0n) is 52.7. The van der Waals surface area contributed by atoms with Gasteiger partial charge in [0.2, 0.25) is 0 Å². The van der Waals surface area contributed by atoms with E-state index in [1.54, 1.807) is 0 Å². The Morgan fingerprint density at radius 2 is 0.449 bits per heavy atom. The molecule has 468 valence electrons. The standard InChI is InChI=1S/C87H58N8O2.Pt/c96-84-49-47-56(86-78(92-66-31-9-1-23-58(66)59-24-2-10-32-67(59)92)43-21-44-79(86)93-68-33-11-3-25-60(68)61-26-4-12-34-69(61)93)51-82(84)90-54-88(74-39-17-19-41-76(74)90)53-89-55-91(77-42-20-18-40-75(77)89)83-52-57(48-50-85(83)97)87-80(94-70-35-13-5-27-62(70)63-28-6-14-36-71(63)94)45-22-46-81(87)95-72-37-15-7-29-64(72)65-30-8-16-38-73(65)95;/h1-52,54-55,96-97H,53H2;/q-2;+2. The maximum Gasteiger partial charge on any atom is 2.00 e. The van der Waals surface area contributed by atoms with Crippen molar-refractivity contribution in [2.45, 2.75) is 0 Å². The fourth-order valence-corrected chi connectivity index (χ4v) is 16.0. The molecule has 0 saturated carbocycles. The molecule has 6 heterocycles. The number of phenols is 2. The molecule has 0 amide bonds. The molecule has 0 saturated heterocycles. The van der Waals surface area contributed by atoms with Crippen LogP contribution in [0.2, 0.25) is 0 Å². The largest absolute Gasteiger partial charge is 2.00 e. The average molecular weight is 1440 g/mol. The number of anilines is 6. The number of hydrogen-bond acceptors (Lipinski definition) is 6. The van der Waals surface area contributed by atoms with Crippen LogP contribution in [0.1, 0.15) is 0 Å². The first-order chi connectivity index (χ1) is 48.0. The molecular formula is C87H58N8O2Pt. The Kier molecular flexibility index (Phi) is 13.1. The minimum absolute atomic E-state index is 0. The molecule has 10 nitrogen and oxygen atoms in total. The number of nitrogens with zero attached hydrogens (tertiary/aromatic N) is 8. The summed E-state index contributed by atoms with van der Waals surface area (Å²) in [7, 11) is 0. The molecule has 0 bridgehead atoms. The van der Waals surface area contributed by atoms with Gasteiger partial charge < -0.3 is 48.1 Å². The molecule has 0 fully saturated rings. The second-order valence-corrected chi connectivity index (χ2v) is 25.3. The summed E-state index contributed by atoms with van der Waals surface area (Å²) in [6, 6.07) is 112. The Labute approximate surface area is 578 Å². The molecule has 2 N–H and O–H groups in total. The van der Waals surface area contributed by atoms with E-state index >= 15 is 0 Å². The quantitative estimate of drug-likeness (QED) is 0.133. The number of aromatic nitrogens is 4. The van der Waals surface area contributed by atoms with Crippen molar-refractivity contribution < 1.29 is 31.3 Å². The van der Waals surface area contributed by atoms with E-state index in [1.807, 2.05) is 12.1 Å². The van der Waals surface area contributed by atoms with Gasteiger partial charge in [0.05, 0.1) is 78.3 Å². The average Bonchev–Trinajstić information content (AvgIpc) is 1.53. The molecule has 0 radical (unpaired) electrons. The minimum Gasteiger partial charge on any atom is -0.506 e. The van der Waals surface area contributed by atoms with Gasteiger partial charge in [0.25, 0.3) is 0 Å². The van der Waals surface area contributed by atoms with Crippen LogP contribution >= 0.6 is 0 Å². The topological polar surface area (TPSA) is 73.1 Å². The van der Waals surface area contributed by atoms with Crippen molar-refractivity contribution in [3.63, 3.8) is 0 Å². The van der Waals surface area contributed by atoms with Crippen LogP contribution in [0, 0.1) is 13.3 Å². The number of aromatic hydroxyl groups is 2. The number of benzene rings is 14. The maximum absolute atomic E-state index is 12.4. The number of rotatable bonds is 10. The molecule has 0 aliphatic carbocycles. The van der Waals surface area contributed by atoms with Crippen LogP contribution in [0.5, 0.6) is 11.5 Å². The van der Waals surface area contributed by atoms with E-state index in [-0.39, 0.29) is 32.6 Å². The number of hydrogen-bond donors (Lipinski definition) is 2. The summed E-state index contributed by atoms with van der Waals surface area (Å²) in [5.74, 6) is 0.287. The number of phenolic OH excluding ortho intramolecular Hbond substituents is 2. The predicted molar refractivity (Wildman–Crippen MR) is 400 cm³/mol. The van der Waals surface area contributed by atoms with E-state index in [0.717, 1.165) is 112 Å². The van der Waals surface area contributed by atoms with Crippen molar-refractivity contribution in [1.82, 2.24) is 18.3 Å². The number of fused-ring (bicyclic) bond motifs is 14. The Bertz CT molecular complexity index is 5440. The summed E-state index contributed by atoms with van der Waals surface area (Å²) in [5.41, 5.74) is 21.8. The molecule has 0 spiro atoms. The van der Waals surface area contributed by atoms with Gasteiger partial charge in [-0.3, -0.25) is 0 Å². The molecule has 2 aliphatic rings. The Morgan fingerprint density at radius 3 is 0.714 bits per heavy atom. The smallest absolute Gasteiger partial charge is 0.506 e. The maximum atomic E-state index is 12.4. The molecular weight excluding hydrogens is 1380 g/mol. The second-order valence-electron chi connectivity index (χ2n) is 25.3. The van der Waals surface area contributed by atoms with Crippen LogP contribution in [0.3, 0.4) is 0 Å². The van der Waals surface area contributed by atoms with Crippen LogP contribution < -0.4 is 19.6 Å². The SMILES string of the molecule is Oc1ccc(-c2c(-n3c4ccccc4c4ccccc43)cccc2-n2c3ccccc3c3ccccc32)cc1N1[CH-]N(CN2[CH-]N(c3cc(-c4c(-n5c6ccccc6c6ccccc65)cccc4-n4c5ccccc5c5ccccc54)ccc3O)c3ccccc32)c2ccccc21.[Pt+2]. The molecule has 11 heteroatoms. The molecule has 0 unspecified atom stereocenters. The van der Waals surface area contributed by atoms with Crippen LogP contribution in [-0.4, -0.2) is 35.2 Å². The zero-order valence-corrected chi connectivity index (χ0v) is 54.9. The molecule has 98 heavy (non-hydrogen) atoms. The van der Waals surface area contributed by atoms with E-state index in [9.17, 15) is 10.2 Å². The fourth-order valence-electron chi connectivity index (χ4n) is 16.0. The third-order valence-corrected chi connectivity index (χ3v) is 20.1. The Balaban J connectivity index is 0.00000673. The Hall–Kier alpha value is -12.2. The normalized spacial score (nSPS) is 13.0. The molecule has 20 rings (SSSR count). The minimum atomic E-state index is 0. The van der Waals surface area contributed by atoms with Gasteiger partial charge in [-0.05, 0) is 132 Å². The van der Waals surface area contributed by atoms with Crippen LogP contribution in [-0.2, 0) is 21.1 Å². The molecule has 14 aromatic carbocycles. The van der Waals surface area contributed by atoms with E-state index in [0.29, 0.717) is 18.0 Å². The van der Waals surface area contributed by atoms with Crippen molar-refractivity contribution in [2.75, 3.05) is 26.3 Å². The first kappa shape index (κ1) is 57.2. The summed E-state index contributed by atoms with van der Waals surface area (Å²) < 4.78 is 9.62. The van der Waals surface area contributed by atoms with E-state index < -0.39 is 0 Å². The van der Waals surface area contributed by atoms with Gasteiger partial charge in [-0.15, -0.1) is 13.3 Å². The van der Waals surface area contributed by atoms with Crippen LogP contribution in [0.15, 0.2) is 315 Å². The second kappa shape index (κ2) is 22.5. The molecule has 18 aromatic rings. The zero-order chi connectivity index (χ0) is 64.0. The van der Waals surface area contributed by atoms with Crippen molar-refractivity contribution in [3.8, 4) is 56.5 Å². The summed E-state index contributed by atoms with van der Waals surface area (Å²) >= 11 is 0. The van der Waals surface area contributed by atoms with Gasteiger partial charge in [-0.25, -0.2) is 0 Å². The Morgan fingerprint density at radius 1 is 0.224 bits per heavy atom. The van der Waals surface area contributed by atoms with Crippen LogP contribution in [0.4, 0.5) is 34.1 Å². The summed E-state index contributed by atoms with van der Waals surface area (Å²) in [6.07, 6.45) is 0. The van der Waals surface area contributed by atoms with Gasteiger partial charge in [0, 0.05) is 83.6 Å².